The summed E-state index contributed by atoms with van der Waals surface area (Å²) in [5.41, 5.74) is 0. The van der Waals surface area contributed by atoms with E-state index in [-0.39, 0.29) is 5.97 Å². The summed E-state index contributed by atoms with van der Waals surface area (Å²) in [6.07, 6.45) is 1.53. The van der Waals surface area contributed by atoms with Crippen LogP contribution in [0.15, 0.2) is 0 Å². The molecule has 1 unspecified atom stereocenters. The van der Waals surface area contributed by atoms with Crippen molar-refractivity contribution in [1.29, 1.82) is 0 Å². The Labute approximate surface area is 74.0 Å². The van der Waals surface area contributed by atoms with Crippen molar-refractivity contribution in [3.8, 4) is 0 Å². The highest BCUT2D eigenvalue weighted by atomic mass is 16.6. The Bertz CT molecular complexity index is 123. The normalized spacial score (nSPS) is 12.6. The fraction of sp³-hybridized carbons (Fsp3) is 0.889. The fourth-order valence-corrected chi connectivity index (χ4v) is 0.752. The molecule has 0 aromatic heterocycles. The van der Waals surface area contributed by atoms with Crippen LogP contribution in [-0.2, 0) is 14.3 Å². The fourth-order valence-electron chi connectivity index (χ4n) is 0.752. The van der Waals surface area contributed by atoms with Crippen molar-refractivity contribution in [3.63, 3.8) is 0 Å². The van der Waals surface area contributed by atoms with Crippen LogP contribution in [0.4, 0.5) is 0 Å². The van der Waals surface area contributed by atoms with Gasteiger partial charge in [-0.05, 0) is 20.3 Å². The van der Waals surface area contributed by atoms with E-state index in [1.165, 1.54) is 0 Å². The molecule has 0 aliphatic carbocycles. The van der Waals surface area contributed by atoms with E-state index in [1.807, 2.05) is 6.92 Å². The topological polar surface area (TPSA) is 35.5 Å². The first kappa shape index (κ1) is 11.4. The molecule has 0 bridgehead atoms. The minimum atomic E-state index is -0.424. The Morgan fingerprint density at radius 1 is 1.42 bits per heavy atom. The first-order chi connectivity index (χ1) is 5.72. The summed E-state index contributed by atoms with van der Waals surface area (Å²) in [4.78, 5) is 11.1. The third-order valence-electron chi connectivity index (χ3n) is 1.49. The number of unbranched alkanes of at least 4 members (excludes halogenated alkanes) is 1. The van der Waals surface area contributed by atoms with Crippen LogP contribution in [0, 0.1) is 0 Å². The molecule has 0 N–H and O–H groups in total. The predicted octanol–water partition coefficient (Wildman–Crippen LogP) is 1.75. The quantitative estimate of drug-likeness (QED) is 0.454. The molecule has 0 amide bonds. The van der Waals surface area contributed by atoms with Gasteiger partial charge in [-0.25, -0.2) is 4.79 Å². The number of esters is 1. The van der Waals surface area contributed by atoms with Crippen molar-refractivity contribution < 1.29 is 14.3 Å². The molecule has 0 rings (SSSR count). The highest BCUT2D eigenvalue weighted by Gasteiger charge is 2.12. The molecule has 0 saturated carbocycles. The van der Waals surface area contributed by atoms with Gasteiger partial charge in [-0.3, -0.25) is 0 Å². The average Bonchev–Trinajstić information content (AvgIpc) is 2.05. The van der Waals surface area contributed by atoms with E-state index in [1.54, 1.807) is 6.92 Å². The van der Waals surface area contributed by atoms with Crippen LogP contribution >= 0.6 is 0 Å². The van der Waals surface area contributed by atoms with Gasteiger partial charge in [0.2, 0.25) is 0 Å². The molecule has 0 spiro atoms. The van der Waals surface area contributed by atoms with Crippen molar-refractivity contribution in [3.05, 3.63) is 0 Å². The highest BCUT2D eigenvalue weighted by molar-refractivity contribution is 5.74. The molecule has 0 fully saturated rings. The molecule has 0 radical (unpaired) electrons. The van der Waals surface area contributed by atoms with Crippen LogP contribution in [0.25, 0.3) is 0 Å². The van der Waals surface area contributed by atoms with Crippen LogP contribution in [-0.4, -0.2) is 25.3 Å². The van der Waals surface area contributed by atoms with E-state index >= 15 is 0 Å². The SMILES string of the molecule is CCCCOC(=O)C(C)OCC. The zero-order valence-electron chi connectivity index (χ0n) is 8.13. The molecule has 12 heavy (non-hydrogen) atoms. The maximum atomic E-state index is 11.1. The first-order valence-corrected chi connectivity index (χ1v) is 4.50. The summed E-state index contributed by atoms with van der Waals surface area (Å²) in [5, 5.41) is 0. The zero-order chi connectivity index (χ0) is 9.40. The predicted molar refractivity (Wildman–Crippen MR) is 47.0 cm³/mol. The molecule has 0 aliphatic rings. The van der Waals surface area contributed by atoms with E-state index in [0.717, 1.165) is 12.8 Å². The molecule has 1 atom stereocenters. The van der Waals surface area contributed by atoms with Crippen LogP contribution in [0.5, 0.6) is 0 Å². The third kappa shape index (κ3) is 5.13. The minimum absolute atomic E-state index is 0.259. The smallest absolute Gasteiger partial charge is 0.334 e. The lowest BCUT2D eigenvalue weighted by molar-refractivity contribution is -0.155. The van der Waals surface area contributed by atoms with Crippen molar-refractivity contribution >= 4 is 5.97 Å². The van der Waals surface area contributed by atoms with Gasteiger partial charge >= 0.3 is 5.97 Å². The number of ether oxygens (including phenoxy) is 2. The summed E-state index contributed by atoms with van der Waals surface area (Å²) < 4.78 is 9.99. The molecule has 0 aliphatic heterocycles. The Kier molecular flexibility index (Phi) is 6.76. The summed E-state index contributed by atoms with van der Waals surface area (Å²) >= 11 is 0. The zero-order valence-corrected chi connectivity index (χ0v) is 8.13. The van der Waals surface area contributed by atoms with Gasteiger partial charge in [0.1, 0.15) is 0 Å². The summed E-state index contributed by atoms with van der Waals surface area (Å²) in [6, 6.07) is 0. The molecular weight excluding hydrogens is 156 g/mol. The monoisotopic (exact) mass is 174 g/mol. The second-order valence-electron chi connectivity index (χ2n) is 2.62. The second kappa shape index (κ2) is 7.10. The third-order valence-corrected chi connectivity index (χ3v) is 1.49. The van der Waals surface area contributed by atoms with Gasteiger partial charge < -0.3 is 9.47 Å². The summed E-state index contributed by atoms with van der Waals surface area (Å²) in [6.45, 7) is 6.67. The van der Waals surface area contributed by atoms with Gasteiger partial charge in [0, 0.05) is 6.61 Å². The first-order valence-electron chi connectivity index (χ1n) is 4.50. The number of hydrogen-bond donors (Lipinski definition) is 0. The number of hydrogen-bond acceptors (Lipinski definition) is 3. The standard InChI is InChI=1S/C9H18O3/c1-4-6-7-12-9(10)8(3)11-5-2/h8H,4-7H2,1-3H3. The molecule has 3 nitrogen and oxygen atoms in total. The van der Waals surface area contributed by atoms with Crippen molar-refractivity contribution in [2.75, 3.05) is 13.2 Å². The van der Waals surface area contributed by atoms with E-state index in [4.69, 9.17) is 9.47 Å². The lowest BCUT2D eigenvalue weighted by atomic mass is 10.3. The van der Waals surface area contributed by atoms with Crippen LogP contribution in [0.1, 0.15) is 33.6 Å². The maximum absolute atomic E-state index is 11.1. The van der Waals surface area contributed by atoms with Crippen molar-refractivity contribution in [2.24, 2.45) is 0 Å². The average molecular weight is 174 g/mol. The highest BCUT2D eigenvalue weighted by Crippen LogP contribution is 1.96. The Morgan fingerprint density at radius 2 is 2.08 bits per heavy atom. The molecule has 0 heterocycles. The van der Waals surface area contributed by atoms with E-state index < -0.39 is 6.10 Å². The molecule has 0 aromatic carbocycles. The molecular formula is C9H18O3. The maximum Gasteiger partial charge on any atom is 0.334 e. The molecule has 3 heteroatoms. The molecule has 0 aromatic rings. The Morgan fingerprint density at radius 3 is 2.58 bits per heavy atom. The summed E-state index contributed by atoms with van der Waals surface area (Å²) in [7, 11) is 0. The number of carbonyl (C=O) groups is 1. The van der Waals surface area contributed by atoms with Crippen LogP contribution in [0.3, 0.4) is 0 Å². The molecule has 0 saturated heterocycles. The van der Waals surface area contributed by atoms with Gasteiger partial charge in [0.25, 0.3) is 0 Å². The lowest BCUT2D eigenvalue weighted by Gasteiger charge is -2.10. The largest absolute Gasteiger partial charge is 0.464 e. The Hall–Kier alpha value is -0.570. The van der Waals surface area contributed by atoms with Crippen molar-refractivity contribution in [1.82, 2.24) is 0 Å². The number of rotatable bonds is 6. The van der Waals surface area contributed by atoms with E-state index in [2.05, 4.69) is 6.92 Å². The van der Waals surface area contributed by atoms with Gasteiger partial charge in [0.05, 0.1) is 6.61 Å². The van der Waals surface area contributed by atoms with Crippen LogP contribution in [0.2, 0.25) is 0 Å². The Balaban J connectivity index is 3.43. The van der Waals surface area contributed by atoms with Gasteiger partial charge in [0.15, 0.2) is 6.10 Å². The van der Waals surface area contributed by atoms with Crippen LogP contribution < -0.4 is 0 Å². The van der Waals surface area contributed by atoms with Crippen molar-refractivity contribution in [2.45, 2.75) is 39.7 Å². The van der Waals surface area contributed by atoms with Gasteiger partial charge in [-0.2, -0.15) is 0 Å². The summed E-state index contributed by atoms with van der Waals surface area (Å²) in [5.74, 6) is -0.259. The van der Waals surface area contributed by atoms with Gasteiger partial charge in [-0.15, -0.1) is 0 Å². The minimum Gasteiger partial charge on any atom is -0.464 e. The van der Waals surface area contributed by atoms with Gasteiger partial charge in [-0.1, -0.05) is 13.3 Å². The number of carbonyl (C=O) groups excluding carboxylic acids is 1. The van der Waals surface area contributed by atoms with E-state index in [9.17, 15) is 4.79 Å². The lowest BCUT2D eigenvalue weighted by Crippen LogP contribution is -2.23. The molecule has 72 valence electrons. The second-order valence-corrected chi connectivity index (χ2v) is 2.62. The van der Waals surface area contributed by atoms with E-state index in [0.29, 0.717) is 13.2 Å².